The Kier molecular flexibility index (Phi) is 3.89. The average Bonchev–Trinajstić information content (AvgIpc) is 2.61. The second-order valence-corrected chi connectivity index (χ2v) is 5.38. The molecule has 1 saturated heterocycles. The van der Waals surface area contributed by atoms with Gasteiger partial charge in [0.25, 0.3) is 0 Å². The average molecular weight is 254 g/mol. The van der Waals surface area contributed by atoms with Crippen LogP contribution in [0.4, 0.5) is 5.82 Å². The lowest BCUT2D eigenvalue weighted by molar-refractivity contribution is 0.625. The van der Waals surface area contributed by atoms with Gasteiger partial charge in [0, 0.05) is 19.1 Å². The predicted octanol–water partition coefficient (Wildman–Crippen LogP) is 2.69. The van der Waals surface area contributed by atoms with Crippen LogP contribution in [0.2, 0.25) is 5.02 Å². The fourth-order valence-electron chi connectivity index (χ4n) is 2.54. The quantitative estimate of drug-likeness (QED) is 0.898. The van der Waals surface area contributed by atoms with Crippen molar-refractivity contribution in [2.24, 2.45) is 5.92 Å². The molecule has 0 spiro atoms. The fraction of sp³-hybridized carbons (Fsp3) is 0.615. The molecule has 2 unspecified atom stereocenters. The number of pyridine rings is 1. The molecular formula is C13H20ClN3. The molecule has 0 radical (unpaired) electrons. The first kappa shape index (κ1) is 12.7. The van der Waals surface area contributed by atoms with Crippen LogP contribution in [0.3, 0.4) is 0 Å². The van der Waals surface area contributed by atoms with Gasteiger partial charge in [-0.05, 0) is 38.4 Å². The van der Waals surface area contributed by atoms with E-state index in [1.54, 1.807) is 0 Å². The van der Waals surface area contributed by atoms with Gasteiger partial charge in [0.1, 0.15) is 5.82 Å². The lowest BCUT2D eigenvalue weighted by atomic mass is 10.1. The Balaban J connectivity index is 2.24. The molecule has 2 atom stereocenters. The van der Waals surface area contributed by atoms with E-state index in [1.807, 2.05) is 19.2 Å². The zero-order valence-electron chi connectivity index (χ0n) is 10.7. The number of hydrogen-bond donors (Lipinski definition) is 1. The number of aromatic nitrogens is 1. The molecule has 1 fully saturated rings. The highest BCUT2D eigenvalue weighted by molar-refractivity contribution is 6.31. The predicted molar refractivity (Wildman–Crippen MR) is 72.6 cm³/mol. The Labute approximate surface area is 108 Å². The summed E-state index contributed by atoms with van der Waals surface area (Å²) in [5.74, 6) is 1.80. The van der Waals surface area contributed by atoms with E-state index >= 15 is 0 Å². The summed E-state index contributed by atoms with van der Waals surface area (Å²) in [7, 11) is 1.91. The van der Waals surface area contributed by atoms with Crippen molar-refractivity contribution in [3.8, 4) is 0 Å². The van der Waals surface area contributed by atoms with Crippen molar-refractivity contribution in [3.63, 3.8) is 0 Å². The van der Waals surface area contributed by atoms with Crippen molar-refractivity contribution < 1.29 is 0 Å². The van der Waals surface area contributed by atoms with Crippen LogP contribution in [0, 0.1) is 5.92 Å². The van der Waals surface area contributed by atoms with Crippen LogP contribution in [0.1, 0.15) is 26.0 Å². The maximum atomic E-state index is 6.13. The Morgan fingerprint density at radius 2 is 2.24 bits per heavy atom. The summed E-state index contributed by atoms with van der Waals surface area (Å²) in [6.45, 7) is 6.36. The van der Waals surface area contributed by atoms with Gasteiger partial charge in [-0.15, -0.1) is 0 Å². The molecular weight excluding hydrogens is 234 g/mol. The molecule has 0 amide bonds. The summed E-state index contributed by atoms with van der Waals surface area (Å²) < 4.78 is 0. The minimum absolute atomic E-state index is 0.570. The van der Waals surface area contributed by atoms with Crippen LogP contribution in [0.15, 0.2) is 12.1 Å². The molecule has 3 nitrogen and oxygen atoms in total. The molecule has 1 aromatic heterocycles. The summed E-state index contributed by atoms with van der Waals surface area (Å²) in [5.41, 5.74) is 0.929. The number of anilines is 1. The summed E-state index contributed by atoms with van der Waals surface area (Å²) >= 11 is 6.13. The molecule has 2 heterocycles. The highest BCUT2D eigenvalue weighted by atomic mass is 35.5. The van der Waals surface area contributed by atoms with Crippen LogP contribution in [0.5, 0.6) is 0 Å². The molecule has 1 aliphatic rings. The molecule has 2 rings (SSSR count). The molecule has 1 aliphatic heterocycles. The van der Waals surface area contributed by atoms with E-state index in [4.69, 9.17) is 11.6 Å². The second-order valence-electron chi connectivity index (χ2n) is 4.97. The van der Waals surface area contributed by atoms with Crippen LogP contribution < -0.4 is 10.2 Å². The third kappa shape index (κ3) is 2.72. The lowest BCUT2D eigenvalue weighted by Crippen LogP contribution is -2.28. The molecule has 4 heteroatoms. The van der Waals surface area contributed by atoms with Gasteiger partial charge in [0.2, 0.25) is 0 Å². The van der Waals surface area contributed by atoms with E-state index in [0.717, 1.165) is 29.0 Å². The Bertz CT molecular complexity index is 394. The monoisotopic (exact) mass is 253 g/mol. The largest absolute Gasteiger partial charge is 0.354 e. The fourth-order valence-corrected chi connectivity index (χ4v) is 2.72. The molecule has 0 aliphatic carbocycles. The van der Waals surface area contributed by atoms with Crippen molar-refractivity contribution in [3.05, 3.63) is 22.8 Å². The maximum Gasteiger partial charge on any atom is 0.129 e. The van der Waals surface area contributed by atoms with Gasteiger partial charge in [0.15, 0.2) is 0 Å². The van der Waals surface area contributed by atoms with Gasteiger partial charge in [-0.3, -0.25) is 0 Å². The molecule has 0 bridgehead atoms. The van der Waals surface area contributed by atoms with Crippen LogP contribution >= 0.6 is 11.6 Å². The minimum Gasteiger partial charge on any atom is -0.354 e. The number of hydrogen-bond acceptors (Lipinski definition) is 3. The van der Waals surface area contributed by atoms with Gasteiger partial charge >= 0.3 is 0 Å². The first-order valence-corrected chi connectivity index (χ1v) is 6.56. The van der Waals surface area contributed by atoms with Crippen molar-refractivity contribution in [2.75, 3.05) is 18.5 Å². The highest BCUT2D eigenvalue weighted by Gasteiger charge is 2.27. The number of nitrogens with one attached hydrogen (secondary N) is 1. The van der Waals surface area contributed by atoms with Gasteiger partial charge in [-0.25, -0.2) is 4.98 Å². The van der Waals surface area contributed by atoms with Gasteiger partial charge < -0.3 is 10.2 Å². The summed E-state index contributed by atoms with van der Waals surface area (Å²) in [6.07, 6.45) is 1.24. The van der Waals surface area contributed by atoms with Crippen LogP contribution in [-0.2, 0) is 6.54 Å². The lowest BCUT2D eigenvalue weighted by Gasteiger charge is -2.23. The normalized spacial score (nSPS) is 24.4. The van der Waals surface area contributed by atoms with E-state index in [1.165, 1.54) is 6.42 Å². The highest BCUT2D eigenvalue weighted by Crippen LogP contribution is 2.28. The second kappa shape index (κ2) is 5.23. The van der Waals surface area contributed by atoms with Crippen molar-refractivity contribution in [1.82, 2.24) is 10.3 Å². The molecule has 0 aromatic carbocycles. The third-order valence-corrected chi connectivity index (χ3v) is 3.67. The smallest absolute Gasteiger partial charge is 0.129 e. The summed E-state index contributed by atoms with van der Waals surface area (Å²) in [5, 5.41) is 3.84. The standard InChI is InChI=1S/C13H20ClN3/c1-9-6-10(2)17(8-9)13-5-4-11(14)12(16-13)7-15-3/h4-5,9-10,15H,6-8H2,1-3H3. The topological polar surface area (TPSA) is 28.2 Å². The van der Waals surface area contributed by atoms with Gasteiger partial charge in [-0.1, -0.05) is 18.5 Å². The number of rotatable bonds is 3. The molecule has 94 valence electrons. The van der Waals surface area contributed by atoms with Crippen molar-refractivity contribution >= 4 is 17.4 Å². The summed E-state index contributed by atoms with van der Waals surface area (Å²) in [4.78, 5) is 7.04. The molecule has 0 saturated carbocycles. The van der Waals surface area contributed by atoms with Gasteiger partial charge in [0.05, 0.1) is 10.7 Å². The van der Waals surface area contributed by atoms with E-state index in [0.29, 0.717) is 12.6 Å². The third-order valence-electron chi connectivity index (χ3n) is 3.33. The van der Waals surface area contributed by atoms with E-state index in [2.05, 4.69) is 29.0 Å². The molecule has 17 heavy (non-hydrogen) atoms. The number of nitrogens with zero attached hydrogens (tertiary/aromatic N) is 2. The van der Waals surface area contributed by atoms with E-state index in [9.17, 15) is 0 Å². The first-order chi connectivity index (χ1) is 8.11. The van der Waals surface area contributed by atoms with Gasteiger partial charge in [-0.2, -0.15) is 0 Å². The maximum absolute atomic E-state index is 6.13. The first-order valence-electron chi connectivity index (χ1n) is 6.18. The molecule has 1 N–H and O–H groups in total. The zero-order valence-corrected chi connectivity index (χ0v) is 11.5. The molecule has 1 aromatic rings. The van der Waals surface area contributed by atoms with Crippen molar-refractivity contribution in [2.45, 2.75) is 32.9 Å². The number of halogens is 1. The van der Waals surface area contributed by atoms with E-state index < -0.39 is 0 Å². The SMILES string of the molecule is CNCc1nc(N2CC(C)CC2C)ccc1Cl. The summed E-state index contributed by atoms with van der Waals surface area (Å²) in [6, 6.07) is 4.54. The van der Waals surface area contributed by atoms with E-state index in [-0.39, 0.29) is 0 Å². The Morgan fingerprint density at radius 1 is 1.47 bits per heavy atom. The van der Waals surface area contributed by atoms with Crippen LogP contribution in [0.25, 0.3) is 0 Å². The Morgan fingerprint density at radius 3 is 2.82 bits per heavy atom. The Hall–Kier alpha value is -0.800. The van der Waals surface area contributed by atoms with Crippen molar-refractivity contribution in [1.29, 1.82) is 0 Å². The van der Waals surface area contributed by atoms with Crippen LogP contribution in [-0.4, -0.2) is 24.6 Å². The zero-order chi connectivity index (χ0) is 12.4. The minimum atomic E-state index is 0.570.